The molecule has 1 aromatic carbocycles. The molecule has 0 saturated carbocycles. The minimum absolute atomic E-state index is 0.00878. The van der Waals surface area contributed by atoms with Gasteiger partial charge in [-0.1, -0.05) is 36.4 Å². The summed E-state index contributed by atoms with van der Waals surface area (Å²) >= 11 is 0. The summed E-state index contributed by atoms with van der Waals surface area (Å²) in [5.41, 5.74) is 1.98. The summed E-state index contributed by atoms with van der Waals surface area (Å²) in [6, 6.07) is 15.5. The number of anilines is 1. The average Bonchev–Trinajstić information content (AvgIpc) is 3.26. The fourth-order valence-corrected chi connectivity index (χ4v) is 3.44. The molecule has 1 N–H and O–H groups in total. The molecule has 132 valence electrons. The van der Waals surface area contributed by atoms with E-state index in [1.165, 1.54) is 0 Å². The lowest BCUT2D eigenvalue weighted by Gasteiger charge is -2.25. The predicted molar refractivity (Wildman–Crippen MR) is 98.5 cm³/mol. The van der Waals surface area contributed by atoms with Gasteiger partial charge >= 0.3 is 0 Å². The van der Waals surface area contributed by atoms with Gasteiger partial charge in [-0.15, -0.1) is 0 Å². The third kappa shape index (κ3) is 2.94. The summed E-state index contributed by atoms with van der Waals surface area (Å²) < 4.78 is 1.82. The van der Waals surface area contributed by atoms with Crippen LogP contribution in [0.4, 0.5) is 5.95 Å². The second-order valence-corrected chi connectivity index (χ2v) is 6.60. The fraction of sp³-hybridized carbons (Fsp3) is 0.250. The topological polar surface area (TPSA) is 66.7 Å². The van der Waals surface area contributed by atoms with Gasteiger partial charge in [0.05, 0.1) is 23.7 Å². The summed E-state index contributed by atoms with van der Waals surface area (Å²) in [6.07, 6.45) is 3.78. The number of nitrogens with one attached hydrogen (secondary N) is 1. The standard InChI is InChI=1S/C20H20N4O2/c1-14(15-7-3-2-4-8-15)24-13-16(11-18(24)25)19(26)22-20-21-12-17-9-5-6-10-23(17)20/h2-10,12,14,16H,11,13H2,1H3,(H,21,22,26). The van der Waals surface area contributed by atoms with Gasteiger partial charge < -0.3 is 4.90 Å². The lowest BCUT2D eigenvalue weighted by atomic mass is 10.1. The molecule has 6 heteroatoms. The number of imidazole rings is 1. The normalized spacial score (nSPS) is 18.3. The van der Waals surface area contributed by atoms with E-state index in [-0.39, 0.29) is 30.2 Å². The van der Waals surface area contributed by atoms with Gasteiger partial charge in [0.1, 0.15) is 0 Å². The van der Waals surface area contributed by atoms with Gasteiger partial charge in [-0.3, -0.25) is 19.3 Å². The molecule has 0 spiro atoms. The molecule has 3 aromatic rings. The Morgan fingerprint density at radius 3 is 2.77 bits per heavy atom. The zero-order chi connectivity index (χ0) is 18.1. The molecule has 1 aliphatic rings. The molecule has 0 bridgehead atoms. The zero-order valence-electron chi connectivity index (χ0n) is 14.5. The Morgan fingerprint density at radius 1 is 1.19 bits per heavy atom. The number of carbonyl (C=O) groups excluding carboxylic acids is 2. The number of hydrogen-bond donors (Lipinski definition) is 1. The van der Waals surface area contributed by atoms with Crippen LogP contribution in [-0.2, 0) is 9.59 Å². The van der Waals surface area contributed by atoms with Crippen molar-refractivity contribution in [2.45, 2.75) is 19.4 Å². The van der Waals surface area contributed by atoms with Crippen molar-refractivity contribution >= 4 is 23.3 Å². The van der Waals surface area contributed by atoms with Gasteiger partial charge in [-0.05, 0) is 24.6 Å². The molecular formula is C20H20N4O2. The first kappa shape index (κ1) is 16.3. The summed E-state index contributed by atoms with van der Waals surface area (Å²) in [7, 11) is 0. The van der Waals surface area contributed by atoms with Crippen molar-refractivity contribution in [1.29, 1.82) is 0 Å². The van der Waals surface area contributed by atoms with E-state index in [0.29, 0.717) is 12.5 Å². The van der Waals surface area contributed by atoms with E-state index in [1.807, 2.05) is 66.1 Å². The second-order valence-electron chi connectivity index (χ2n) is 6.60. The first-order valence-corrected chi connectivity index (χ1v) is 8.71. The van der Waals surface area contributed by atoms with Crippen molar-refractivity contribution in [3.63, 3.8) is 0 Å². The Bertz CT molecular complexity index is 951. The third-order valence-corrected chi connectivity index (χ3v) is 4.95. The van der Waals surface area contributed by atoms with Gasteiger partial charge in [0.15, 0.2) is 0 Å². The Morgan fingerprint density at radius 2 is 1.96 bits per heavy atom. The number of amides is 2. The summed E-state index contributed by atoms with van der Waals surface area (Å²) in [5.74, 6) is -0.0516. The molecule has 2 atom stereocenters. The van der Waals surface area contributed by atoms with Crippen LogP contribution in [0.25, 0.3) is 5.52 Å². The molecule has 26 heavy (non-hydrogen) atoms. The highest BCUT2D eigenvalue weighted by atomic mass is 16.2. The SMILES string of the molecule is CC(c1ccccc1)N1CC(C(=O)Nc2ncc3ccccn23)CC1=O. The first-order valence-electron chi connectivity index (χ1n) is 8.71. The van der Waals surface area contributed by atoms with Crippen LogP contribution in [0.15, 0.2) is 60.9 Å². The largest absolute Gasteiger partial charge is 0.335 e. The number of likely N-dealkylation sites (tertiary alicyclic amines) is 1. The van der Waals surface area contributed by atoms with Crippen LogP contribution in [0.3, 0.4) is 0 Å². The lowest BCUT2D eigenvalue weighted by molar-refractivity contribution is -0.129. The van der Waals surface area contributed by atoms with Gasteiger partial charge in [0.25, 0.3) is 0 Å². The molecule has 2 amide bonds. The second kappa shape index (κ2) is 6.63. The number of carbonyl (C=O) groups is 2. The Kier molecular flexibility index (Phi) is 4.16. The van der Waals surface area contributed by atoms with E-state index in [9.17, 15) is 9.59 Å². The number of pyridine rings is 1. The minimum Gasteiger partial charge on any atom is -0.335 e. The quantitative estimate of drug-likeness (QED) is 0.788. The molecule has 1 aliphatic heterocycles. The van der Waals surface area contributed by atoms with Crippen molar-refractivity contribution in [2.75, 3.05) is 11.9 Å². The number of aromatic nitrogens is 2. The number of benzene rings is 1. The van der Waals surface area contributed by atoms with Crippen LogP contribution in [0, 0.1) is 5.92 Å². The van der Waals surface area contributed by atoms with E-state index in [4.69, 9.17) is 0 Å². The molecule has 1 fully saturated rings. The van der Waals surface area contributed by atoms with E-state index in [1.54, 1.807) is 11.1 Å². The predicted octanol–water partition coefficient (Wildman–Crippen LogP) is 2.88. The van der Waals surface area contributed by atoms with Gasteiger partial charge in [0.2, 0.25) is 17.8 Å². The van der Waals surface area contributed by atoms with E-state index in [0.717, 1.165) is 11.1 Å². The van der Waals surface area contributed by atoms with Crippen LogP contribution < -0.4 is 5.32 Å². The van der Waals surface area contributed by atoms with Crippen LogP contribution in [-0.4, -0.2) is 32.6 Å². The maximum absolute atomic E-state index is 12.7. The number of hydrogen-bond acceptors (Lipinski definition) is 3. The van der Waals surface area contributed by atoms with E-state index < -0.39 is 0 Å². The van der Waals surface area contributed by atoms with Crippen molar-refractivity contribution in [3.8, 4) is 0 Å². The summed E-state index contributed by atoms with van der Waals surface area (Å²) in [6.45, 7) is 2.42. The zero-order valence-corrected chi connectivity index (χ0v) is 14.5. The van der Waals surface area contributed by atoms with Crippen molar-refractivity contribution in [2.24, 2.45) is 5.92 Å². The maximum atomic E-state index is 12.7. The highest BCUT2D eigenvalue weighted by Gasteiger charge is 2.37. The molecule has 6 nitrogen and oxygen atoms in total. The van der Waals surface area contributed by atoms with Gasteiger partial charge in [-0.25, -0.2) is 4.98 Å². The fourth-order valence-electron chi connectivity index (χ4n) is 3.44. The molecule has 4 rings (SSSR count). The molecule has 3 heterocycles. The van der Waals surface area contributed by atoms with Crippen molar-refractivity contribution in [3.05, 3.63) is 66.5 Å². The number of fused-ring (bicyclic) bond motifs is 1. The highest BCUT2D eigenvalue weighted by Crippen LogP contribution is 2.29. The van der Waals surface area contributed by atoms with Crippen molar-refractivity contribution < 1.29 is 9.59 Å². The molecule has 0 aliphatic carbocycles. The molecule has 0 radical (unpaired) electrons. The first-order chi connectivity index (χ1) is 12.6. The molecule has 1 saturated heterocycles. The molecular weight excluding hydrogens is 328 g/mol. The van der Waals surface area contributed by atoms with Gasteiger partial charge in [0, 0.05) is 19.2 Å². The van der Waals surface area contributed by atoms with Crippen LogP contribution in [0.2, 0.25) is 0 Å². The van der Waals surface area contributed by atoms with Crippen LogP contribution in [0.1, 0.15) is 24.9 Å². The Hall–Kier alpha value is -3.15. The summed E-state index contributed by atoms with van der Waals surface area (Å²) in [5, 5.41) is 2.86. The van der Waals surface area contributed by atoms with Crippen LogP contribution >= 0.6 is 0 Å². The average molecular weight is 348 g/mol. The van der Waals surface area contributed by atoms with Crippen LogP contribution in [0.5, 0.6) is 0 Å². The summed E-state index contributed by atoms with van der Waals surface area (Å²) in [4.78, 5) is 31.1. The maximum Gasteiger partial charge on any atom is 0.232 e. The van der Waals surface area contributed by atoms with Gasteiger partial charge in [-0.2, -0.15) is 0 Å². The monoisotopic (exact) mass is 348 g/mol. The third-order valence-electron chi connectivity index (χ3n) is 4.95. The molecule has 2 aromatic heterocycles. The Balaban J connectivity index is 1.47. The minimum atomic E-state index is -0.371. The van der Waals surface area contributed by atoms with E-state index >= 15 is 0 Å². The van der Waals surface area contributed by atoms with Crippen molar-refractivity contribution in [1.82, 2.24) is 14.3 Å². The smallest absolute Gasteiger partial charge is 0.232 e. The highest BCUT2D eigenvalue weighted by molar-refractivity contribution is 5.96. The lowest BCUT2D eigenvalue weighted by Crippen LogP contribution is -2.30. The Labute approximate surface area is 151 Å². The van der Waals surface area contributed by atoms with E-state index in [2.05, 4.69) is 10.3 Å². The number of nitrogens with zero attached hydrogens (tertiary/aromatic N) is 3. The molecule has 2 unspecified atom stereocenters. The number of rotatable bonds is 4.